The van der Waals surface area contributed by atoms with Crippen molar-refractivity contribution < 1.29 is 19.2 Å². The molecule has 0 aliphatic heterocycles. The third kappa shape index (κ3) is 4.17. The first-order chi connectivity index (χ1) is 8.12. The molecule has 0 aliphatic rings. The molecule has 0 fully saturated rings. The number of carbonyl (C=O) groups excluding carboxylic acids is 4. The topological polar surface area (TPSA) is 68.3 Å². The van der Waals surface area contributed by atoms with Crippen LogP contribution >= 0.6 is 0 Å². The Bertz CT molecular complexity index is 368. The molecule has 0 saturated carbocycles. The highest BCUT2D eigenvalue weighted by Crippen LogP contribution is 2.31. The second-order valence-electron chi connectivity index (χ2n) is 5.25. The standard InChI is InChI=1S/C14H22O4/c1-9(2)14(5,11(4)16)13(18)7-6-12(17)8-10(3)15/h9H,6-8H2,1-5H3. The third-order valence-corrected chi connectivity index (χ3v) is 3.54. The van der Waals surface area contributed by atoms with Crippen molar-refractivity contribution in [2.75, 3.05) is 0 Å². The molecule has 0 heterocycles. The van der Waals surface area contributed by atoms with Gasteiger partial charge >= 0.3 is 0 Å². The molecule has 0 saturated heterocycles. The van der Waals surface area contributed by atoms with Crippen molar-refractivity contribution in [3.05, 3.63) is 0 Å². The number of ketones is 4. The number of carbonyl (C=O) groups is 4. The lowest BCUT2D eigenvalue weighted by molar-refractivity contribution is -0.142. The summed E-state index contributed by atoms with van der Waals surface area (Å²) in [7, 11) is 0. The average Bonchev–Trinajstić information content (AvgIpc) is 2.22. The van der Waals surface area contributed by atoms with Gasteiger partial charge in [-0.25, -0.2) is 0 Å². The van der Waals surface area contributed by atoms with Gasteiger partial charge in [0, 0.05) is 12.8 Å². The Morgan fingerprint density at radius 2 is 1.50 bits per heavy atom. The molecule has 0 amide bonds. The summed E-state index contributed by atoms with van der Waals surface area (Å²) in [4.78, 5) is 45.8. The monoisotopic (exact) mass is 254 g/mol. The van der Waals surface area contributed by atoms with E-state index in [0.717, 1.165) is 0 Å². The molecule has 1 atom stereocenters. The first kappa shape index (κ1) is 16.7. The molecule has 102 valence electrons. The van der Waals surface area contributed by atoms with Gasteiger partial charge in [0.1, 0.15) is 23.1 Å². The maximum Gasteiger partial charge on any atom is 0.146 e. The highest BCUT2D eigenvalue weighted by Gasteiger charge is 2.40. The molecular weight excluding hydrogens is 232 g/mol. The Hall–Kier alpha value is -1.32. The lowest BCUT2D eigenvalue weighted by atomic mass is 9.71. The minimum atomic E-state index is -1.03. The smallest absolute Gasteiger partial charge is 0.146 e. The van der Waals surface area contributed by atoms with Gasteiger partial charge in [0.2, 0.25) is 0 Å². The summed E-state index contributed by atoms with van der Waals surface area (Å²) in [5.74, 6) is -0.954. The lowest BCUT2D eigenvalue weighted by Crippen LogP contribution is -2.40. The largest absolute Gasteiger partial charge is 0.300 e. The molecule has 4 nitrogen and oxygen atoms in total. The molecule has 0 rings (SSSR count). The zero-order chi connectivity index (χ0) is 14.5. The molecule has 0 aliphatic carbocycles. The van der Waals surface area contributed by atoms with Crippen LogP contribution in [0.25, 0.3) is 0 Å². The minimum absolute atomic E-state index is 0.0281. The van der Waals surface area contributed by atoms with Gasteiger partial charge in [-0.15, -0.1) is 0 Å². The van der Waals surface area contributed by atoms with Crippen molar-refractivity contribution in [3.63, 3.8) is 0 Å². The summed E-state index contributed by atoms with van der Waals surface area (Å²) in [5, 5.41) is 0. The van der Waals surface area contributed by atoms with Gasteiger partial charge in [-0.1, -0.05) is 13.8 Å². The minimum Gasteiger partial charge on any atom is -0.300 e. The van der Waals surface area contributed by atoms with Crippen LogP contribution < -0.4 is 0 Å². The first-order valence-electron chi connectivity index (χ1n) is 6.17. The molecule has 0 aromatic heterocycles. The number of hydrogen-bond acceptors (Lipinski definition) is 4. The fourth-order valence-corrected chi connectivity index (χ4v) is 1.80. The summed E-state index contributed by atoms with van der Waals surface area (Å²) >= 11 is 0. The van der Waals surface area contributed by atoms with Crippen molar-refractivity contribution in [3.8, 4) is 0 Å². The van der Waals surface area contributed by atoms with E-state index in [4.69, 9.17) is 0 Å². The van der Waals surface area contributed by atoms with E-state index in [2.05, 4.69) is 0 Å². The number of Topliss-reactive ketones (excluding diaryl/α,β-unsaturated/α-hetero) is 4. The van der Waals surface area contributed by atoms with Crippen LogP contribution in [-0.2, 0) is 19.2 Å². The first-order valence-corrected chi connectivity index (χ1v) is 6.17. The van der Waals surface area contributed by atoms with Crippen molar-refractivity contribution in [2.24, 2.45) is 11.3 Å². The van der Waals surface area contributed by atoms with E-state index in [1.165, 1.54) is 13.8 Å². The molecule has 4 heteroatoms. The number of hydrogen-bond donors (Lipinski definition) is 0. The second kappa shape index (κ2) is 6.57. The van der Waals surface area contributed by atoms with Crippen molar-refractivity contribution in [1.29, 1.82) is 0 Å². The summed E-state index contributed by atoms with van der Waals surface area (Å²) in [6, 6.07) is 0. The molecule has 18 heavy (non-hydrogen) atoms. The molecule has 0 bridgehead atoms. The zero-order valence-corrected chi connectivity index (χ0v) is 11.8. The predicted molar refractivity (Wildman–Crippen MR) is 68.2 cm³/mol. The van der Waals surface area contributed by atoms with E-state index < -0.39 is 5.41 Å². The second-order valence-corrected chi connectivity index (χ2v) is 5.25. The van der Waals surface area contributed by atoms with Gasteiger partial charge in [-0.05, 0) is 26.7 Å². The Kier molecular flexibility index (Phi) is 6.09. The predicted octanol–water partition coefficient (Wildman–Crippen LogP) is 2.14. The van der Waals surface area contributed by atoms with Gasteiger partial charge < -0.3 is 0 Å². The van der Waals surface area contributed by atoms with Gasteiger partial charge in [0.25, 0.3) is 0 Å². The zero-order valence-electron chi connectivity index (χ0n) is 11.8. The van der Waals surface area contributed by atoms with Crippen LogP contribution in [-0.4, -0.2) is 23.1 Å². The Labute approximate surface area is 108 Å². The van der Waals surface area contributed by atoms with E-state index in [-0.39, 0.29) is 48.3 Å². The maximum atomic E-state index is 12.1. The van der Waals surface area contributed by atoms with Gasteiger partial charge in [0.15, 0.2) is 0 Å². The van der Waals surface area contributed by atoms with Crippen LogP contribution in [0.1, 0.15) is 53.9 Å². The normalized spacial score (nSPS) is 14.1. The van der Waals surface area contributed by atoms with Crippen LogP contribution in [0, 0.1) is 11.3 Å². The van der Waals surface area contributed by atoms with Crippen LogP contribution in [0.15, 0.2) is 0 Å². The Balaban J connectivity index is 4.61. The van der Waals surface area contributed by atoms with Crippen LogP contribution in [0.4, 0.5) is 0 Å². The molecule has 0 radical (unpaired) electrons. The van der Waals surface area contributed by atoms with Gasteiger partial charge in [0.05, 0.1) is 11.8 Å². The van der Waals surface area contributed by atoms with E-state index in [1.54, 1.807) is 6.92 Å². The summed E-state index contributed by atoms with van der Waals surface area (Å²) < 4.78 is 0. The van der Waals surface area contributed by atoms with Gasteiger partial charge in [-0.3, -0.25) is 19.2 Å². The quantitative estimate of drug-likeness (QED) is 0.622. The molecule has 0 spiro atoms. The molecule has 1 unspecified atom stereocenters. The summed E-state index contributed by atoms with van der Waals surface area (Å²) in [6.07, 6.45) is -0.0693. The van der Waals surface area contributed by atoms with Gasteiger partial charge in [-0.2, -0.15) is 0 Å². The Morgan fingerprint density at radius 1 is 1.00 bits per heavy atom. The van der Waals surface area contributed by atoms with E-state index in [9.17, 15) is 19.2 Å². The van der Waals surface area contributed by atoms with Crippen molar-refractivity contribution in [2.45, 2.75) is 53.9 Å². The fourth-order valence-electron chi connectivity index (χ4n) is 1.80. The average molecular weight is 254 g/mol. The molecular formula is C14H22O4. The van der Waals surface area contributed by atoms with Crippen LogP contribution in [0.3, 0.4) is 0 Å². The van der Waals surface area contributed by atoms with Crippen molar-refractivity contribution in [1.82, 2.24) is 0 Å². The summed E-state index contributed by atoms with van der Waals surface area (Å²) in [6.45, 7) is 7.99. The van der Waals surface area contributed by atoms with E-state index in [1.807, 2.05) is 13.8 Å². The van der Waals surface area contributed by atoms with Crippen LogP contribution in [0.5, 0.6) is 0 Å². The third-order valence-electron chi connectivity index (χ3n) is 3.54. The van der Waals surface area contributed by atoms with Crippen molar-refractivity contribution >= 4 is 23.1 Å². The van der Waals surface area contributed by atoms with E-state index in [0.29, 0.717) is 0 Å². The number of rotatable bonds is 8. The Morgan fingerprint density at radius 3 is 1.83 bits per heavy atom. The lowest BCUT2D eigenvalue weighted by Gasteiger charge is -2.29. The maximum absolute atomic E-state index is 12.1. The molecule has 0 aromatic rings. The highest BCUT2D eigenvalue weighted by molar-refractivity contribution is 6.07. The van der Waals surface area contributed by atoms with E-state index >= 15 is 0 Å². The highest BCUT2D eigenvalue weighted by atomic mass is 16.2. The summed E-state index contributed by atoms with van der Waals surface area (Å²) in [5.41, 5.74) is -1.03. The molecule has 0 aromatic carbocycles. The molecule has 0 N–H and O–H groups in total. The fraction of sp³-hybridized carbons (Fsp3) is 0.714. The SMILES string of the molecule is CC(=O)CC(=O)CCC(=O)C(C)(C(C)=O)C(C)C. The van der Waals surface area contributed by atoms with Crippen LogP contribution in [0.2, 0.25) is 0 Å².